The van der Waals surface area contributed by atoms with Gasteiger partial charge in [0.1, 0.15) is 5.75 Å². The lowest BCUT2D eigenvalue weighted by molar-refractivity contribution is -0.123. The van der Waals surface area contributed by atoms with Crippen LogP contribution >= 0.6 is 0 Å². The number of hydrogen-bond acceptors (Lipinski definition) is 3. The number of benzene rings is 1. The van der Waals surface area contributed by atoms with E-state index in [1.807, 2.05) is 12.1 Å². The zero-order valence-corrected chi connectivity index (χ0v) is 11.8. The van der Waals surface area contributed by atoms with Crippen LogP contribution in [-0.4, -0.2) is 30.6 Å². The second kappa shape index (κ2) is 8.53. The van der Waals surface area contributed by atoms with Crippen molar-refractivity contribution >= 4 is 5.91 Å². The molecule has 0 heterocycles. The first kappa shape index (κ1) is 15.5. The Morgan fingerprint density at radius 3 is 2.53 bits per heavy atom. The lowest BCUT2D eigenvalue weighted by Gasteiger charge is -2.16. The van der Waals surface area contributed by atoms with Gasteiger partial charge in [-0.2, -0.15) is 0 Å². The molecule has 0 spiro atoms. The van der Waals surface area contributed by atoms with Gasteiger partial charge < -0.3 is 15.7 Å². The summed E-state index contributed by atoms with van der Waals surface area (Å²) >= 11 is 0. The molecule has 0 aliphatic rings. The fraction of sp³-hybridized carbons (Fsp3) is 0.533. The largest absolute Gasteiger partial charge is 0.508 e. The van der Waals surface area contributed by atoms with Crippen molar-refractivity contribution in [3.8, 4) is 5.75 Å². The van der Waals surface area contributed by atoms with Gasteiger partial charge in [0.2, 0.25) is 5.91 Å². The van der Waals surface area contributed by atoms with Crippen molar-refractivity contribution in [2.24, 2.45) is 0 Å². The third kappa shape index (κ3) is 5.75. The standard InChI is InChI=1S/C15H24N2O2/c1-3-4-5-10-17-15(19)14(16-2)11-12-6-8-13(18)9-7-12/h6-9,14,16,18H,3-5,10-11H2,1-2H3,(H,17,19)/t14-/m0/s1. The van der Waals surface area contributed by atoms with Gasteiger partial charge in [0, 0.05) is 6.54 Å². The maximum atomic E-state index is 12.0. The van der Waals surface area contributed by atoms with Crippen LogP contribution in [0.25, 0.3) is 0 Å². The summed E-state index contributed by atoms with van der Waals surface area (Å²) in [6.07, 6.45) is 3.94. The molecule has 0 aliphatic heterocycles. The Morgan fingerprint density at radius 2 is 1.95 bits per heavy atom. The fourth-order valence-corrected chi connectivity index (χ4v) is 1.90. The van der Waals surface area contributed by atoms with Gasteiger partial charge in [0.25, 0.3) is 0 Å². The number of hydrogen-bond donors (Lipinski definition) is 3. The van der Waals surface area contributed by atoms with Crippen LogP contribution in [0.2, 0.25) is 0 Å². The molecule has 1 amide bonds. The van der Waals surface area contributed by atoms with E-state index in [2.05, 4.69) is 17.6 Å². The summed E-state index contributed by atoms with van der Waals surface area (Å²) in [5, 5.41) is 15.2. The summed E-state index contributed by atoms with van der Waals surface area (Å²) in [5.41, 5.74) is 1.03. The molecule has 0 fully saturated rings. The Labute approximate surface area is 115 Å². The maximum Gasteiger partial charge on any atom is 0.237 e. The molecule has 0 aromatic heterocycles. The predicted octanol–water partition coefficient (Wildman–Crippen LogP) is 1.83. The van der Waals surface area contributed by atoms with E-state index in [0.29, 0.717) is 6.42 Å². The van der Waals surface area contributed by atoms with Crippen molar-refractivity contribution in [1.82, 2.24) is 10.6 Å². The van der Waals surface area contributed by atoms with Crippen molar-refractivity contribution < 1.29 is 9.90 Å². The smallest absolute Gasteiger partial charge is 0.237 e. The van der Waals surface area contributed by atoms with Crippen molar-refractivity contribution in [2.75, 3.05) is 13.6 Å². The molecule has 106 valence electrons. The summed E-state index contributed by atoms with van der Waals surface area (Å²) in [4.78, 5) is 12.0. The van der Waals surface area contributed by atoms with E-state index in [4.69, 9.17) is 0 Å². The van der Waals surface area contributed by atoms with E-state index in [1.54, 1.807) is 19.2 Å². The zero-order valence-electron chi connectivity index (χ0n) is 11.8. The normalized spacial score (nSPS) is 12.1. The number of phenols is 1. The maximum absolute atomic E-state index is 12.0. The molecule has 0 saturated carbocycles. The van der Waals surface area contributed by atoms with Crippen molar-refractivity contribution in [3.05, 3.63) is 29.8 Å². The highest BCUT2D eigenvalue weighted by Crippen LogP contribution is 2.11. The van der Waals surface area contributed by atoms with Crippen LogP contribution in [-0.2, 0) is 11.2 Å². The van der Waals surface area contributed by atoms with Crippen LogP contribution < -0.4 is 10.6 Å². The predicted molar refractivity (Wildman–Crippen MR) is 77.2 cm³/mol. The average molecular weight is 264 g/mol. The summed E-state index contributed by atoms with van der Waals surface area (Å²) in [6, 6.07) is 6.72. The van der Waals surface area contributed by atoms with Gasteiger partial charge in [0.15, 0.2) is 0 Å². The van der Waals surface area contributed by atoms with Crippen LogP contribution in [0.1, 0.15) is 31.7 Å². The summed E-state index contributed by atoms with van der Waals surface area (Å²) in [5.74, 6) is 0.278. The van der Waals surface area contributed by atoms with E-state index in [-0.39, 0.29) is 17.7 Å². The lowest BCUT2D eigenvalue weighted by atomic mass is 10.1. The number of aromatic hydroxyl groups is 1. The molecule has 0 aliphatic carbocycles. The molecule has 4 heteroatoms. The highest BCUT2D eigenvalue weighted by Gasteiger charge is 2.16. The Morgan fingerprint density at radius 1 is 1.26 bits per heavy atom. The van der Waals surface area contributed by atoms with Crippen LogP contribution in [0.4, 0.5) is 0 Å². The summed E-state index contributed by atoms with van der Waals surface area (Å²) in [6.45, 7) is 2.88. The Balaban J connectivity index is 2.43. The van der Waals surface area contributed by atoms with Crippen LogP contribution in [0.5, 0.6) is 5.75 Å². The number of nitrogens with one attached hydrogen (secondary N) is 2. The monoisotopic (exact) mass is 264 g/mol. The number of likely N-dealkylation sites (N-methyl/N-ethyl adjacent to an activating group) is 1. The molecular formula is C15H24N2O2. The molecule has 1 rings (SSSR count). The quantitative estimate of drug-likeness (QED) is 0.628. The minimum absolute atomic E-state index is 0.0340. The third-order valence-corrected chi connectivity index (χ3v) is 3.12. The Bertz CT molecular complexity index is 376. The first-order valence-electron chi connectivity index (χ1n) is 6.90. The molecule has 0 unspecified atom stereocenters. The minimum Gasteiger partial charge on any atom is -0.508 e. The van der Waals surface area contributed by atoms with Gasteiger partial charge in [-0.3, -0.25) is 4.79 Å². The number of carbonyl (C=O) groups is 1. The van der Waals surface area contributed by atoms with Gasteiger partial charge in [-0.05, 0) is 37.6 Å². The number of carbonyl (C=O) groups excluding carboxylic acids is 1. The molecule has 3 N–H and O–H groups in total. The van der Waals surface area contributed by atoms with Crippen molar-refractivity contribution in [1.29, 1.82) is 0 Å². The molecule has 0 radical (unpaired) electrons. The van der Waals surface area contributed by atoms with E-state index in [9.17, 15) is 9.90 Å². The first-order valence-corrected chi connectivity index (χ1v) is 6.90. The van der Waals surface area contributed by atoms with Gasteiger partial charge >= 0.3 is 0 Å². The third-order valence-electron chi connectivity index (χ3n) is 3.12. The molecule has 1 atom stereocenters. The second-order valence-electron chi connectivity index (χ2n) is 4.71. The fourth-order valence-electron chi connectivity index (χ4n) is 1.90. The minimum atomic E-state index is -0.230. The number of phenolic OH excluding ortho intramolecular Hbond substituents is 1. The summed E-state index contributed by atoms with van der Waals surface area (Å²) in [7, 11) is 1.79. The van der Waals surface area contributed by atoms with Crippen LogP contribution in [0, 0.1) is 0 Å². The molecule has 1 aromatic rings. The number of unbranched alkanes of at least 4 members (excludes halogenated alkanes) is 2. The lowest BCUT2D eigenvalue weighted by Crippen LogP contribution is -2.44. The van der Waals surface area contributed by atoms with Gasteiger partial charge in [-0.15, -0.1) is 0 Å². The second-order valence-corrected chi connectivity index (χ2v) is 4.71. The Kier molecular flexibility index (Phi) is 6.97. The Hall–Kier alpha value is -1.55. The van der Waals surface area contributed by atoms with Crippen LogP contribution in [0.15, 0.2) is 24.3 Å². The molecular weight excluding hydrogens is 240 g/mol. The molecule has 0 saturated heterocycles. The highest BCUT2D eigenvalue weighted by molar-refractivity contribution is 5.82. The summed E-state index contributed by atoms with van der Waals surface area (Å²) < 4.78 is 0. The zero-order chi connectivity index (χ0) is 14.1. The van der Waals surface area contributed by atoms with E-state index in [1.165, 1.54) is 0 Å². The molecule has 1 aromatic carbocycles. The van der Waals surface area contributed by atoms with E-state index >= 15 is 0 Å². The highest BCUT2D eigenvalue weighted by atomic mass is 16.3. The van der Waals surface area contributed by atoms with E-state index in [0.717, 1.165) is 31.4 Å². The molecule has 0 bridgehead atoms. The molecule has 4 nitrogen and oxygen atoms in total. The number of rotatable bonds is 8. The van der Waals surface area contributed by atoms with E-state index < -0.39 is 0 Å². The average Bonchev–Trinajstić information content (AvgIpc) is 2.42. The SMILES string of the molecule is CCCCCNC(=O)[C@H](Cc1ccc(O)cc1)NC. The number of amides is 1. The van der Waals surface area contributed by atoms with Crippen LogP contribution in [0.3, 0.4) is 0 Å². The molecule has 19 heavy (non-hydrogen) atoms. The van der Waals surface area contributed by atoms with Gasteiger partial charge in [-0.25, -0.2) is 0 Å². The topological polar surface area (TPSA) is 61.4 Å². The van der Waals surface area contributed by atoms with Crippen molar-refractivity contribution in [2.45, 2.75) is 38.6 Å². The van der Waals surface area contributed by atoms with Gasteiger partial charge in [0.05, 0.1) is 6.04 Å². The van der Waals surface area contributed by atoms with Gasteiger partial charge in [-0.1, -0.05) is 31.9 Å². The van der Waals surface area contributed by atoms with Crippen molar-refractivity contribution in [3.63, 3.8) is 0 Å². The first-order chi connectivity index (χ1) is 9.17.